The van der Waals surface area contributed by atoms with Gasteiger partial charge < -0.3 is 9.47 Å². The van der Waals surface area contributed by atoms with Crippen LogP contribution < -0.4 is 11.3 Å². The Morgan fingerprint density at radius 1 is 1.56 bits per heavy atom. The number of nitrogens with two attached hydrogens (primary N) is 1. The second-order valence-electron chi connectivity index (χ2n) is 3.89. The molecule has 0 saturated carbocycles. The normalized spacial score (nSPS) is 12.9. The zero-order valence-electron chi connectivity index (χ0n) is 10.9. The monoisotopic (exact) mass is 276 g/mol. The van der Waals surface area contributed by atoms with E-state index in [1.807, 2.05) is 0 Å². The summed E-state index contributed by atoms with van der Waals surface area (Å²) >= 11 is 6.13. The molecule has 1 rings (SSSR count). The molecule has 0 saturated heterocycles. The number of nitrogens with one attached hydrogen (secondary N) is 1. The van der Waals surface area contributed by atoms with E-state index < -0.39 is 0 Å². The van der Waals surface area contributed by atoms with Gasteiger partial charge in [0.15, 0.2) is 0 Å². The molecule has 1 atom stereocenters. The van der Waals surface area contributed by atoms with Gasteiger partial charge in [0.25, 0.3) is 0 Å². The van der Waals surface area contributed by atoms with Crippen molar-refractivity contribution < 1.29 is 9.47 Å². The fourth-order valence-corrected chi connectivity index (χ4v) is 1.90. The van der Waals surface area contributed by atoms with Gasteiger partial charge >= 0.3 is 0 Å². The SMILES string of the molecule is CCCOCC(NN)c1c(Cl)cnn1CCOC. The van der Waals surface area contributed by atoms with E-state index in [2.05, 4.69) is 17.4 Å². The number of hydrogen-bond donors (Lipinski definition) is 2. The molecule has 0 spiro atoms. The molecular weight excluding hydrogens is 256 g/mol. The lowest BCUT2D eigenvalue weighted by atomic mass is 10.2. The van der Waals surface area contributed by atoms with Gasteiger partial charge in [-0.25, -0.2) is 5.43 Å². The Morgan fingerprint density at radius 3 is 2.94 bits per heavy atom. The number of aromatic nitrogens is 2. The number of methoxy groups -OCH3 is 1. The molecule has 1 aromatic heterocycles. The molecule has 1 heterocycles. The van der Waals surface area contributed by atoms with Gasteiger partial charge in [0.05, 0.1) is 42.7 Å². The van der Waals surface area contributed by atoms with Crippen LogP contribution in [0.15, 0.2) is 6.20 Å². The summed E-state index contributed by atoms with van der Waals surface area (Å²) < 4.78 is 12.3. The van der Waals surface area contributed by atoms with E-state index in [1.54, 1.807) is 18.0 Å². The summed E-state index contributed by atoms with van der Waals surface area (Å²) in [5, 5.41) is 4.78. The lowest BCUT2D eigenvalue weighted by Crippen LogP contribution is -2.33. The van der Waals surface area contributed by atoms with E-state index in [0.717, 1.165) is 12.1 Å². The van der Waals surface area contributed by atoms with Crippen molar-refractivity contribution in [2.45, 2.75) is 25.9 Å². The van der Waals surface area contributed by atoms with Crippen molar-refractivity contribution in [2.75, 3.05) is 26.9 Å². The summed E-state index contributed by atoms with van der Waals surface area (Å²) in [5.41, 5.74) is 3.54. The van der Waals surface area contributed by atoms with Crippen molar-refractivity contribution in [3.63, 3.8) is 0 Å². The molecule has 0 aliphatic heterocycles. The molecule has 7 heteroatoms. The average molecular weight is 277 g/mol. The van der Waals surface area contributed by atoms with Crippen molar-refractivity contribution in [3.8, 4) is 0 Å². The van der Waals surface area contributed by atoms with Crippen LogP contribution in [0.4, 0.5) is 0 Å². The number of nitrogens with zero attached hydrogens (tertiary/aromatic N) is 2. The van der Waals surface area contributed by atoms with Crippen molar-refractivity contribution >= 4 is 11.6 Å². The molecule has 0 aliphatic rings. The molecule has 6 nitrogen and oxygen atoms in total. The highest BCUT2D eigenvalue weighted by atomic mass is 35.5. The second-order valence-corrected chi connectivity index (χ2v) is 4.30. The molecular formula is C11H21ClN4O2. The third-order valence-electron chi connectivity index (χ3n) is 2.50. The maximum absolute atomic E-state index is 6.13. The van der Waals surface area contributed by atoms with Crippen molar-refractivity contribution in [1.29, 1.82) is 0 Å². The van der Waals surface area contributed by atoms with E-state index in [9.17, 15) is 0 Å². The van der Waals surface area contributed by atoms with Gasteiger partial charge in [0.2, 0.25) is 0 Å². The Labute approximate surface area is 112 Å². The minimum Gasteiger partial charge on any atom is -0.383 e. The first-order chi connectivity index (χ1) is 8.74. The summed E-state index contributed by atoms with van der Waals surface area (Å²) in [6.07, 6.45) is 2.57. The number of rotatable bonds is 9. The summed E-state index contributed by atoms with van der Waals surface area (Å²) in [6, 6.07) is -0.177. The average Bonchev–Trinajstić information content (AvgIpc) is 2.74. The molecule has 0 radical (unpaired) electrons. The molecule has 0 fully saturated rings. The standard InChI is InChI=1S/C11H21ClN4O2/c1-3-5-18-8-10(15-13)11-9(12)7-14-16(11)4-6-17-2/h7,10,15H,3-6,8,13H2,1-2H3. The Hall–Kier alpha value is -0.660. The van der Waals surface area contributed by atoms with Gasteiger partial charge in [-0.05, 0) is 6.42 Å². The van der Waals surface area contributed by atoms with Crippen LogP contribution in [0, 0.1) is 0 Å². The summed E-state index contributed by atoms with van der Waals surface area (Å²) in [7, 11) is 1.65. The first kappa shape index (κ1) is 15.4. The smallest absolute Gasteiger partial charge is 0.0877 e. The van der Waals surface area contributed by atoms with Crippen LogP contribution >= 0.6 is 11.6 Å². The topological polar surface area (TPSA) is 74.3 Å². The Morgan fingerprint density at radius 2 is 2.33 bits per heavy atom. The van der Waals surface area contributed by atoms with Crippen molar-refractivity contribution in [2.24, 2.45) is 5.84 Å². The molecule has 3 N–H and O–H groups in total. The van der Waals surface area contributed by atoms with Crippen LogP contribution in [0.1, 0.15) is 25.1 Å². The fraction of sp³-hybridized carbons (Fsp3) is 0.727. The molecule has 0 aromatic carbocycles. The highest BCUT2D eigenvalue weighted by Gasteiger charge is 2.19. The Bertz CT molecular complexity index is 346. The summed E-state index contributed by atoms with van der Waals surface area (Å²) in [5.74, 6) is 5.55. The molecule has 1 unspecified atom stereocenters. The van der Waals surface area contributed by atoms with E-state index in [0.29, 0.717) is 31.4 Å². The number of halogens is 1. The minimum absolute atomic E-state index is 0.177. The van der Waals surface area contributed by atoms with Crippen LogP contribution in [0.3, 0.4) is 0 Å². The van der Waals surface area contributed by atoms with E-state index in [-0.39, 0.29) is 6.04 Å². The highest BCUT2D eigenvalue weighted by molar-refractivity contribution is 6.31. The number of ether oxygens (including phenoxy) is 2. The van der Waals surface area contributed by atoms with E-state index >= 15 is 0 Å². The maximum atomic E-state index is 6.13. The quantitative estimate of drug-likeness (QED) is 0.402. The highest BCUT2D eigenvalue weighted by Crippen LogP contribution is 2.22. The van der Waals surface area contributed by atoms with Crippen LogP contribution in [-0.4, -0.2) is 36.7 Å². The molecule has 0 bridgehead atoms. The van der Waals surface area contributed by atoms with Gasteiger partial charge in [-0.3, -0.25) is 10.5 Å². The van der Waals surface area contributed by atoms with E-state index in [1.165, 1.54) is 0 Å². The van der Waals surface area contributed by atoms with Crippen LogP contribution in [0.5, 0.6) is 0 Å². The van der Waals surface area contributed by atoms with Crippen LogP contribution in [-0.2, 0) is 16.0 Å². The third-order valence-corrected chi connectivity index (χ3v) is 2.80. The zero-order chi connectivity index (χ0) is 13.4. The van der Waals surface area contributed by atoms with Gasteiger partial charge in [0, 0.05) is 13.7 Å². The third kappa shape index (κ3) is 4.22. The van der Waals surface area contributed by atoms with Gasteiger partial charge in [0.1, 0.15) is 0 Å². The van der Waals surface area contributed by atoms with Crippen molar-refractivity contribution in [3.05, 3.63) is 16.9 Å². The molecule has 0 amide bonds. The van der Waals surface area contributed by atoms with Gasteiger partial charge in [-0.2, -0.15) is 5.10 Å². The number of hydrazine groups is 1. The first-order valence-electron chi connectivity index (χ1n) is 5.98. The fourth-order valence-electron chi connectivity index (χ4n) is 1.63. The lowest BCUT2D eigenvalue weighted by molar-refractivity contribution is 0.108. The molecule has 0 aliphatic carbocycles. The second kappa shape index (κ2) is 8.44. The zero-order valence-corrected chi connectivity index (χ0v) is 11.6. The van der Waals surface area contributed by atoms with Crippen molar-refractivity contribution in [1.82, 2.24) is 15.2 Å². The maximum Gasteiger partial charge on any atom is 0.0877 e. The first-order valence-corrected chi connectivity index (χ1v) is 6.36. The minimum atomic E-state index is -0.177. The largest absolute Gasteiger partial charge is 0.383 e. The summed E-state index contributed by atoms with van der Waals surface area (Å²) in [4.78, 5) is 0. The van der Waals surface area contributed by atoms with E-state index in [4.69, 9.17) is 26.9 Å². The number of hydrogen-bond acceptors (Lipinski definition) is 5. The Kier molecular flexibility index (Phi) is 7.22. The Balaban J connectivity index is 2.73. The van der Waals surface area contributed by atoms with Gasteiger partial charge in [-0.1, -0.05) is 18.5 Å². The molecule has 1 aromatic rings. The lowest BCUT2D eigenvalue weighted by Gasteiger charge is -2.18. The molecule has 18 heavy (non-hydrogen) atoms. The van der Waals surface area contributed by atoms with Crippen LogP contribution in [0.25, 0.3) is 0 Å². The van der Waals surface area contributed by atoms with Gasteiger partial charge in [-0.15, -0.1) is 0 Å². The molecule has 104 valence electrons. The predicted molar refractivity (Wildman–Crippen MR) is 70.3 cm³/mol. The predicted octanol–water partition coefficient (Wildman–Crippen LogP) is 1.11. The van der Waals surface area contributed by atoms with Crippen LogP contribution in [0.2, 0.25) is 5.02 Å². The summed E-state index contributed by atoms with van der Waals surface area (Å²) in [6.45, 7) is 4.41.